The van der Waals surface area contributed by atoms with Crippen molar-refractivity contribution in [2.24, 2.45) is 0 Å². The molecule has 1 aromatic heterocycles. The number of H-pyrrole nitrogens is 1. The van der Waals surface area contributed by atoms with Crippen LogP contribution < -0.4 is 0 Å². The predicted octanol–water partition coefficient (Wildman–Crippen LogP) is 3.52. The van der Waals surface area contributed by atoms with Crippen LogP contribution in [0.25, 0.3) is 11.1 Å². The fourth-order valence-corrected chi connectivity index (χ4v) is 1.93. The summed E-state index contributed by atoms with van der Waals surface area (Å²) in [6.45, 7) is 0.716. The van der Waals surface area contributed by atoms with Gasteiger partial charge in [-0.15, -0.1) is 0 Å². The van der Waals surface area contributed by atoms with Crippen LogP contribution in [0.2, 0.25) is 5.02 Å². The summed E-state index contributed by atoms with van der Waals surface area (Å²) in [5.74, 6) is 0. The van der Waals surface area contributed by atoms with Gasteiger partial charge in [0.1, 0.15) is 0 Å². The van der Waals surface area contributed by atoms with Crippen LogP contribution in [-0.4, -0.2) is 18.7 Å². The monoisotopic (exact) mass is 235 g/mol. The number of nitrogens with one attached hydrogen (secondary N) is 1. The van der Waals surface area contributed by atoms with Gasteiger partial charge in [0.25, 0.3) is 0 Å². The lowest BCUT2D eigenvalue weighted by atomic mass is 10.1. The third kappa shape index (κ3) is 2.46. The average molecular weight is 236 g/mol. The first-order valence-electron chi connectivity index (χ1n) is 5.22. The molecule has 1 N–H and O–H groups in total. The molecule has 0 aliphatic rings. The number of methoxy groups -OCH3 is 1. The normalized spacial score (nSPS) is 10.6. The Labute approximate surface area is 100 Å². The maximum atomic E-state index is 5.98. The summed E-state index contributed by atoms with van der Waals surface area (Å²) in [5.41, 5.74) is 3.52. The number of hydrogen-bond acceptors (Lipinski definition) is 1. The number of ether oxygens (including phenoxy) is 1. The summed E-state index contributed by atoms with van der Waals surface area (Å²) in [6.07, 6.45) is 2.83. The summed E-state index contributed by atoms with van der Waals surface area (Å²) in [5, 5.41) is 0.761. The SMILES string of the molecule is COCCc1[nH]ccc1-c1cccc(Cl)c1. The number of aromatic nitrogens is 1. The summed E-state index contributed by atoms with van der Waals surface area (Å²) in [6, 6.07) is 9.94. The number of hydrogen-bond donors (Lipinski definition) is 1. The number of rotatable bonds is 4. The topological polar surface area (TPSA) is 25.0 Å². The van der Waals surface area contributed by atoms with Crippen LogP contribution in [0.5, 0.6) is 0 Å². The van der Waals surface area contributed by atoms with Crippen molar-refractivity contribution in [3.63, 3.8) is 0 Å². The van der Waals surface area contributed by atoms with Gasteiger partial charge < -0.3 is 9.72 Å². The first-order chi connectivity index (χ1) is 7.81. The molecule has 2 rings (SSSR count). The Hall–Kier alpha value is -1.25. The fourth-order valence-electron chi connectivity index (χ4n) is 1.74. The molecule has 84 valence electrons. The lowest BCUT2D eigenvalue weighted by Crippen LogP contribution is -1.96. The number of benzene rings is 1. The fraction of sp³-hybridized carbons (Fsp3) is 0.231. The summed E-state index contributed by atoms with van der Waals surface area (Å²) < 4.78 is 5.08. The maximum Gasteiger partial charge on any atom is 0.0517 e. The van der Waals surface area contributed by atoms with Crippen LogP contribution >= 0.6 is 11.6 Å². The first-order valence-corrected chi connectivity index (χ1v) is 5.60. The van der Waals surface area contributed by atoms with Gasteiger partial charge in [-0.2, -0.15) is 0 Å². The number of aromatic amines is 1. The average Bonchev–Trinajstić information content (AvgIpc) is 2.74. The molecular weight excluding hydrogens is 222 g/mol. The Balaban J connectivity index is 2.29. The molecule has 0 fully saturated rings. The Morgan fingerprint density at radius 2 is 2.19 bits per heavy atom. The molecule has 1 aromatic carbocycles. The summed E-state index contributed by atoms with van der Waals surface area (Å²) in [4.78, 5) is 3.24. The van der Waals surface area contributed by atoms with Crippen molar-refractivity contribution in [2.45, 2.75) is 6.42 Å². The lowest BCUT2D eigenvalue weighted by Gasteiger charge is -2.04. The van der Waals surface area contributed by atoms with E-state index in [4.69, 9.17) is 16.3 Å². The van der Waals surface area contributed by atoms with E-state index in [0.717, 1.165) is 17.0 Å². The molecule has 0 unspecified atom stereocenters. The van der Waals surface area contributed by atoms with E-state index in [9.17, 15) is 0 Å². The van der Waals surface area contributed by atoms with E-state index in [0.29, 0.717) is 6.61 Å². The van der Waals surface area contributed by atoms with E-state index >= 15 is 0 Å². The molecule has 0 aliphatic heterocycles. The van der Waals surface area contributed by atoms with Crippen molar-refractivity contribution >= 4 is 11.6 Å². The second-order valence-corrected chi connectivity index (χ2v) is 4.06. The highest BCUT2D eigenvalue weighted by Crippen LogP contribution is 2.25. The molecular formula is C13H14ClNO. The van der Waals surface area contributed by atoms with Crippen LogP contribution in [0.15, 0.2) is 36.5 Å². The maximum absolute atomic E-state index is 5.98. The Kier molecular flexibility index (Phi) is 3.65. The molecule has 0 aliphatic carbocycles. The van der Waals surface area contributed by atoms with Gasteiger partial charge in [0.05, 0.1) is 6.61 Å². The zero-order valence-corrected chi connectivity index (χ0v) is 9.92. The van der Waals surface area contributed by atoms with E-state index in [1.165, 1.54) is 11.3 Å². The van der Waals surface area contributed by atoms with E-state index in [1.807, 2.05) is 24.4 Å². The molecule has 0 saturated carbocycles. The second-order valence-electron chi connectivity index (χ2n) is 3.62. The number of halogens is 1. The molecule has 2 aromatic rings. The third-order valence-electron chi connectivity index (χ3n) is 2.52. The molecule has 0 amide bonds. The zero-order valence-electron chi connectivity index (χ0n) is 9.16. The van der Waals surface area contributed by atoms with E-state index < -0.39 is 0 Å². The van der Waals surface area contributed by atoms with Crippen LogP contribution in [0.3, 0.4) is 0 Å². The lowest BCUT2D eigenvalue weighted by molar-refractivity contribution is 0.201. The molecule has 2 nitrogen and oxygen atoms in total. The van der Waals surface area contributed by atoms with Gasteiger partial charge in [-0.3, -0.25) is 0 Å². The minimum atomic E-state index is 0.716. The Bertz CT molecular complexity index is 464. The molecule has 0 atom stereocenters. The van der Waals surface area contributed by atoms with Crippen molar-refractivity contribution in [3.8, 4) is 11.1 Å². The highest BCUT2D eigenvalue weighted by atomic mass is 35.5. The molecule has 0 spiro atoms. The van der Waals surface area contributed by atoms with Gasteiger partial charge in [-0.25, -0.2) is 0 Å². The largest absolute Gasteiger partial charge is 0.384 e. The molecule has 0 radical (unpaired) electrons. The van der Waals surface area contributed by atoms with Crippen LogP contribution in [0, 0.1) is 0 Å². The van der Waals surface area contributed by atoms with Crippen molar-refractivity contribution in [2.75, 3.05) is 13.7 Å². The standard InChI is InChI=1S/C13H14ClNO/c1-16-8-6-13-12(5-7-15-13)10-3-2-4-11(14)9-10/h2-5,7,9,15H,6,8H2,1H3. The van der Waals surface area contributed by atoms with E-state index in [-0.39, 0.29) is 0 Å². The third-order valence-corrected chi connectivity index (χ3v) is 2.76. The minimum absolute atomic E-state index is 0.716. The molecule has 16 heavy (non-hydrogen) atoms. The Morgan fingerprint density at radius 1 is 1.31 bits per heavy atom. The first kappa shape index (κ1) is 11.2. The van der Waals surface area contributed by atoms with Gasteiger partial charge in [-0.05, 0) is 23.8 Å². The molecule has 0 saturated heterocycles. The predicted molar refractivity (Wildman–Crippen MR) is 66.8 cm³/mol. The quantitative estimate of drug-likeness (QED) is 0.862. The summed E-state index contributed by atoms with van der Waals surface area (Å²) >= 11 is 5.98. The van der Waals surface area contributed by atoms with Crippen LogP contribution in [-0.2, 0) is 11.2 Å². The van der Waals surface area contributed by atoms with E-state index in [1.54, 1.807) is 7.11 Å². The van der Waals surface area contributed by atoms with Crippen LogP contribution in [0.4, 0.5) is 0 Å². The van der Waals surface area contributed by atoms with Gasteiger partial charge >= 0.3 is 0 Å². The van der Waals surface area contributed by atoms with Gasteiger partial charge in [-0.1, -0.05) is 23.7 Å². The molecule has 1 heterocycles. The van der Waals surface area contributed by atoms with Crippen LogP contribution in [0.1, 0.15) is 5.69 Å². The van der Waals surface area contributed by atoms with Gasteiger partial charge in [0.2, 0.25) is 0 Å². The van der Waals surface area contributed by atoms with Gasteiger partial charge in [0.15, 0.2) is 0 Å². The second kappa shape index (κ2) is 5.19. The Morgan fingerprint density at radius 3 is 2.94 bits per heavy atom. The zero-order chi connectivity index (χ0) is 11.4. The molecule has 3 heteroatoms. The van der Waals surface area contributed by atoms with E-state index in [2.05, 4.69) is 17.1 Å². The van der Waals surface area contributed by atoms with Crippen molar-refractivity contribution < 1.29 is 4.74 Å². The van der Waals surface area contributed by atoms with Gasteiger partial charge in [0, 0.05) is 36.0 Å². The highest BCUT2D eigenvalue weighted by molar-refractivity contribution is 6.30. The smallest absolute Gasteiger partial charge is 0.0517 e. The highest BCUT2D eigenvalue weighted by Gasteiger charge is 2.06. The van der Waals surface area contributed by atoms with Crippen molar-refractivity contribution in [3.05, 3.63) is 47.2 Å². The molecule has 0 bridgehead atoms. The van der Waals surface area contributed by atoms with Crippen molar-refractivity contribution in [1.82, 2.24) is 4.98 Å². The van der Waals surface area contributed by atoms with Crippen molar-refractivity contribution in [1.29, 1.82) is 0 Å². The summed E-state index contributed by atoms with van der Waals surface area (Å²) in [7, 11) is 1.71. The minimum Gasteiger partial charge on any atom is -0.384 e.